The van der Waals surface area contributed by atoms with E-state index in [0.29, 0.717) is 13.1 Å². The zero-order valence-electron chi connectivity index (χ0n) is 25.6. The van der Waals surface area contributed by atoms with E-state index in [0.717, 1.165) is 41.9 Å². The first kappa shape index (κ1) is 31.4. The molecule has 2 amide bonds. The second kappa shape index (κ2) is 15.6. The van der Waals surface area contributed by atoms with E-state index in [1.807, 2.05) is 67.6 Å². The fourth-order valence-electron chi connectivity index (χ4n) is 5.65. The number of amides is 2. The van der Waals surface area contributed by atoms with Crippen molar-refractivity contribution < 1.29 is 19.4 Å². The molecule has 0 spiro atoms. The monoisotopic (exact) mass is 593 g/mol. The van der Waals surface area contributed by atoms with Crippen LogP contribution in [0.5, 0.6) is 0 Å². The molecule has 0 unspecified atom stereocenters. The van der Waals surface area contributed by atoms with E-state index in [2.05, 4.69) is 71.0 Å². The third kappa shape index (κ3) is 8.55. The highest BCUT2D eigenvalue weighted by Gasteiger charge is 2.39. The molecule has 1 aliphatic heterocycles. The quantitative estimate of drug-likeness (QED) is 0.175. The van der Waals surface area contributed by atoms with E-state index in [1.54, 1.807) is 0 Å². The molecule has 1 heterocycles. The topological polar surface area (TPSA) is 83.1 Å². The van der Waals surface area contributed by atoms with Crippen molar-refractivity contribution in [1.29, 1.82) is 0 Å². The van der Waals surface area contributed by atoms with Gasteiger partial charge in [0, 0.05) is 44.2 Å². The lowest BCUT2D eigenvalue weighted by Crippen LogP contribution is -2.44. The number of rotatable bonds is 12. The number of nitrogens with zero attached hydrogens (tertiary/aromatic N) is 1. The van der Waals surface area contributed by atoms with Crippen LogP contribution in [0.1, 0.15) is 59.6 Å². The van der Waals surface area contributed by atoms with Crippen LogP contribution < -0.4 is 10.6 Å². The Kier molecular flexibility index (Phi) is 11.2. The SMILES string of the molecule is CCNC(=O)NCc1ccc([C@H]2O[C@@H](CN(Cc3ccccc3)Cc3ccccc3)[C@@H](C)[C@@H](c3ccc(CO)cc3)O2)cc1. The summed E-state index contributed by atoms with van der Waals surface area (Å²) in [5, 5.41) is 15.2. The predicted octanol–water partition coefficient (Wildman–Crippen LogP) is 6.49. The zero-order chi connectivity index (χ0) is 30.7. The van der Waals surface area contributed by atoms with Crippen LogP contribution in [0.4, 0.5) is 4.79 Å². The Morgan fingerprint density at radius 1 is 0.727 bits per heavy atom. The molecule has 0 radical (unpaired) electrons. The minimum absolute atomic E-state index is 0.00492. The fourth-order valence-corrected chi connectivity index (χ4v) is 5.65. The van der Waals surface area contributed by atoms with Crippen molar-refractivity contribution in [3.63, 3.8) is 0 Å². The molecule has 7 nitrogen and oxygen atoms in total. The number of carbonyl (C=O) groups excluding carboxylic acids is 1. The Bertz CT molecular complexity index is 1390. The van der Waals surface area contributed by atoms with E-state index in [-0.39, 0.29) is 30.8 Å². The van der Waals surface area contributed by atoms with Crippen LogP contribution in [0.2, 0.25) is 0 Å². The second-order valence-corrected chi connectivity index (χ2v) is 11.4. The molecule has 0 bridgehead atoms. The van der Waals surface area contributed by atoms with Gasteiger partial charge in [0.25, 0.3) is 0 Å². The summed E-state index contributed by atoms with van der Waals surface area (Å²) in [5.74, 6) is 0.0702. The lowest BCUT2D eigenvalue weighted by atomic mass is 9.89. The normalized spacial score (nSPS) is 19.9. The van der Waals surface area contributed by atoms with Gasteiger partial charge in [-0.15, -0.1) is 0 Å². The maximum absolute atomic E-state index is 11.8. The minimum atomic E-state index is -0.556. The molecule has 1 fully saturated rings. The van der Waals surface area contributed by atoms with Gasteiger partial charge in [-0.25, -0.2) is 4.79 Å². The maximum atomic E-state index is 11.8. The molecule has 4 atom stereocenters. The molecule has 5 rings (SSSR count). The molecule has 0 aromatic heterocycles. The molecule has 1 aliphatic rings. The molecule has 0 aliphatic carbocycles. The van der Waals surface area contributed by atoms with Crippen molar-refractivity contribution in [2.75, 3.05) is 13.1 Å². The summed E-state index contributed by atoms with van der Waals surface area (Å²) < 4.78 is 13.5. The van der Waals surface area contributed by atoms with E-state index < -0.39 is 6.29 Å². The molecule has 1 saturated heterocycles. The van der Waals surface area contributed by atoms with Gasteiger partial charge in [0.2, 0.25) is 0 Å². The first-order valence-electron chi connectivity index (χ1n) is 15.4. The van der Waals surface area contributed by atoms with Gasteiger partial charge in [-0.3, -0.25) is 4.90 Å². The van der Waals surface area contributed by atoms with Crippen LogP contribution in [0.25, 0.3) is 0 Å². The summed E-state index contributed by atoms with van der Waals surface area (Å²) in [7, 11) is 0. The molecule has 44 heavy (non-hydrogen) atoms. The van der Waals surface area contributed by atoms with Crippen molar-refractivity contribution in [3.05, 3.63) is 143 Å². The fraction of sp³-hybridized carbons (Fsp3) is 0.324. The first-order chi connectivity index (χ1) is 21.5. The number of urea groups is 1. The van der Waals surface area contributed by atoms with Gasteiger partial charge in [0.1, 0.15) is 0 Å². The van der Waals surface area contributed by atoms with Gasteiger partial charge in [-0.05, 0) is 34.7 Å². The summed E-state index contributed by atoms with van der Waals surface area (Å²) in [4.78, 5) is 14.3. The Labute approximate surface area is 260 Å². The number of ether oxygens (including phenoxy) is 2. The summed E-state index contributed by atoms with van der Waals surface area (Å²) >= 11 is 0. The van der Waals surface area contributed by atoms with E-state index in [4.69, 9.17) is 9.47 Å². The van der Waals surface area contributed by atoms with Crippen LogP contribution in [-0.2, 0) is 35.7 Å². The minimum Gasteiger partial charge on any atom is -0.392 e. The zero-order valence-corrected chi connectivity index (χ0v) is 25.6. The number of nitrogens with one attached hydrogen (secondary N) is 2. The number of carbonyl (C=O) groups is 1. The summed E-state index contributed by atoms with van der Waals surface area (Å²) in [5.41, 5.74) is 6.37. The van der Waals surface area contributed by atoms with Crippen LogP contribution in [0.15, 0.2) is 109 Å². The molecule has 4 aromatic rings. The highest BCUT2D eigenvalue weighted by atomic mass is 16.7. The molecule has 7 heteroatoms. The Morgan fingerprint density at radius 2 is 1.30 bits per heavy atom. The summed E-state index contributed by atoms with van der Waals surface area (Å²) in [6.07, 6.45) is -0.858. The molecular weight excluding hydrogens is 550 g/mol. The van der Waals surface area contributed by atoms with E-state index in [9.17, 15) is 9.90 Å². The number of aliphatic hydroxyl groups is 1. The van der Waals surface area contributed by atoms with Crippen LogP contribution >= 0.6 is 0 Å². The third-order valence-corrected chi connectivity index (χ3v) is 8.10. The third-order valence-electron chi connectivity index (χ3n) is 8.10. The van der Waals surface area contributed by atoms with Gasteiger partial charge in [0.15, 0.2) is 6.29 Å². The van der Waals surface area contributed by atoms with Crippen molar-refractivity contribution in [1.82, 2.24) is 15.5 Å². The van der Waals surface area contributed by atoms with E-state index >= 15 is 0 Å². The second-order valence-electron chi connectivity index (χ2n) is 11.4. The Morgan fingerprint density at radius 3 is 1.86 bits per heavy atom. The predicted molar refractivity (Wildman–Crippen MR) is 172 cm³/mol. The van der Waals surface area contributed by atoms with Crippen molar-refractivity contribution in [3.8, 4) is 0 Å². The lowest BCUT2D eigenvalue weighted by molar-refractivity contribution is -0.276. The van der Waals surface area contributed by atoms with E-state index in [1.165, 1.54) is 11.1 Å². The number of benzene rings is 4. The van der Waals surface area contributed by atoms with Crippen molar-refractivity contribution >= 4 is 6.03 Å². The molecule has 3 N–H and O–H groups in total. The molecule has 0 saturated carbocycles. The molecule has 230 valence electrons. The van der Waals surface area contributed by atoms with Gasteiger partial charge in [-0.2, -0.15) is 0 Å². The number of hydrogen-bond acceptors (Lipinski definition) is 5. The van der Waals surface area contributed by atoms with Gasteiger partial charge in [-0.1, -0.05) is 116 Å². The molecular formula is C37H43N3O4. The summed E-state index contributed by atoms with van der Waals surface area (Å²) in [6.45, 7) is 7.45. The van der Waals surface area contributed by atoms with Crippen LogP contribution in [0.3, 0.4) is 0 Å². The lowest BCUT2D eigenvalue weighted by Gasteiger charge is -2.43. The van der Waals surface area contributed by atoms with Gasteiger partial charge >= 0.3 is 6.03 Å². The number of hydrogen-bond donors (Lipinski definition) is 3. The van der Waals surface area contributed by atoms with Crippen LogP contribution in [-0.4, -0.2) is 35.2 Å². The first-order valence-corrected chi connectivity index (χ1v) is 15.4. The number of aliphatic hydroxyl groups excluding tert-OH is 1. The van der Waals surface area contributed by atoms with Crippen molar-refractivity contribution in [2.24, 2.45) is 5.92 Å². The molecule has 4 aromatic carbocycles. The maximum Gasteiger partial charge on any atom is 0.315 e. The highest BCUT2D eigenvalue weighted by Crippen LogP contribution is 2.42. The average molecular weight is 594 g/mol. The van der Waals surface area contributed by atoms with Gasteiger partial charge in [0.05, 0.1) is 18.8 Å². The van der Waals surface area contributed by atoms with Gasteiger partial charge < -0.3 is 25.2 Å². The highest BCUT2D eigenvalue weighted by molar-refractivity contribution is 5.73. The average Bonchev–Trinajstić information content (AvgIpc) is 3.06. The standard InChI is InChI=1S/C37H43N3O4/c1-3-38-37(42)39-22-28-14-20-33(21-15-28)36-43-34(27(2)35(44-36)32-18-16-31(26-41)17-19-32)25-40(23-29-10-6-4-7-11-29)24-30-12-8-5-9-13-30/h4-21,27,34-36,41H,3,22-26H2,1-2H3,(H2,38,39,42)/t27-,34+,35+,36+/m1/s1. The Hall–Kier alpha value is -4.01. The smallest absolute Gasteiger partial charge is 0.315 e. The summed E-state index contributed by atoms with van der Waals surface area (Å²) in [6, 6.07) is 37.0. The Balaban J connectivity index is 1.39. The van der Waals surface area contributed by atoms with Crippen molar-refractivity contribution in [2.45, 2.75) is 58.6 Å². The van der Waals surface area contributed by atoms with Crippen LogP contribution in [0, 0.1) is 5.92 Å². The largest absolute Gasteiger partial charge is 0.392 e.